The van der Waals surface area contributed by atoms with Crippen molar-refractivity contribution in [3.05, 3.63) is 0 Å². The molecule has 0 N–H and O–H groups in total. The molecule has 0 aliphatic rings. The first kappa shape index (κ1) is 11.8. The molecule has 0 radical (unpaired) electrons. The fourth-order valence-electron chi connectivity index (χ4n) is 0.471. The van der Waals surface area contributed by atoms with E-state index in [4.69, 9.17) is 4.74 Å². The van der Waals surface area contributed by atoms with Gasteiger partial charge in [-0.1, -0.05) is 6.92 Å². The summed E-state index contributed by atoms with van der Waals surface area (Å²) in [6, 6.07) is 0. The molecule has 12 heavy (non-hydrogen) atoms. The van der Waals surface area contributed by atoms with E-state index in [2.05, 4.69) is 4.99 Å². The number of amides is 1. The zero-order valence-corrected chi connectivity index (χ0v) is 9.13. The van der Waals surface area contributed by atoms with Crippen LogP contribution >= 0.6 is 23.5 Å². The molecule has 0 aliphatic carbocycles. The second-order valence-corrected chi connectivity index (χ2v) is 3.75. The van der Waals surface area contributed by atoms with E-state index in [9.17, 15) is 4.79 Å². The number of rotatable bonds is 2. The lowest BCUT2D eigenvalue weighted by atomic mass is 10.5. The predicted octanol–water partition coefficient (Wildman–Crippen LogP) is 2.62. The lowest BCUT2D eigenvalue weighted by Crippen LogP contribution is -2.01. The average molecular weight is 207 g/mol. The molecular formula is C7H13NO2S2. The van der Waals surface area contributed by atoms with Crippen LogP contribution in [0, 0.1) is 0 Å². The first-order valence-electron chi connectivity index (χ1n) is 3.58. The van der Waals surface area contributed by atoms with Gasteiger partial charge in [0.1, 0.15) is 4.38 Å². The maximum absolute atomic E-state index is 10.9. The van der Waals surface area contributed by atoms with Crippen molar-refractivity contribution in [2.75, 3.05) is 19.1 Å². The number of carbonyl (C=O) groups is 1. The van der Waals surface area contributed by atoms with Crippen LogP contribution in [0.4, 0.5) is 4.79 Å². The van der Waals surface area contributed by atoms with Crippen molar-refractivity contribution >= 4 is 34.0 Å². The second-order valence-electron chi connectivity index (χ2n) is 1.90. The molecule has 70 valence electrons. The number of nitrogens with zero attached hydrogens (tertiary/aromatic N) is 1. The third-order valence-corrected chi connectivity index (χ3v) is 2.84. The van der Waals surface area contributed by atoms with Crippen LogP contribution in [-0.2, 0) is 4.74 Å². The van der Waals surface area contributed by atoms with Crippen molar-refractivity contribution in [2.24, 2.45) is 4.99 Å². The number of carbonyl (C=O) groups excluding carboxylic acids is 1. The van der Waals surface area contributed by atoms with Crippen molar-refractivity contribution in [1.82, 2.24) is 0 Å². The van der Waals surface area contributed by atoms with Crippen LogP contribution in [0.15, 0.2) is 4.99 Å². The van der Waals surface area contributed by atoms with Crippen LogP contribution in [0.5, 0.6) is 0 Å². The van der Waals surface area contributed by atoms with Gasteiger partial charge in [-0.05, 0) is 18.9 Å². The Labute approximate surface area is 81.3 Å². The standard InChI is InChI=1S/C7H13NO2S2/c1-4-5-10-6(9)8-7(11-2)12-3/h4-5H2,1-3H3. The molecule has 0 aromatic carbocycles. The molecule has 0 saturated carbocycles. The number of ether oxygens (including phenoxy) is 1. The summed E-state index contributed by atoms with van der Waals surface area (Å²) in [6.45, 7) is 2.39. The largest absolute Gasteiger partial charge is 0.448 e. The lowest BCUT2D eigenvalue weighted by Gasteiger charge is -1.99. The molecule has 0 aliphatic heterocycles. The topological polar surface area (TPSA) is 38.7 Å². The summed E-state index contributed by atoms with van der Waals surface area (Å²) in [6.07, 6.45) is 4.09. The number of hydrogen-bond acceptors (Lipinski definition) is 4. The van der Waals surface area contributed by atoms with Gasteiger partial charge < -0.3 is 4.74 Å². The predicted molar refractivity (Wildman–Crippen MR) is 56.1 cm³/mol. The minimum absolute atomic E-state index is 0.443. The summed E-state index contributed by atoms with van der Waals surface area (Å²) < 4.78 is 5.50. The van der Waals surface area contributed by atoms with Crippen LogP contribution < -0.4 is 0 Å². The average Bonchev–Trinajstić information content (AvgIpc) is 2.10. The van der Waals surface area contributed by atoms with Gasteiger partial charge in [0.2, 0.25) is 0 Å². The Morgan fingerprint density at radius 3 is 2.42 bits per heavy atom. The zero-order valence-electron chi connectivity index (χ0n) is 7.49. The van der Waals surface area contributed by atoms with E-state index in [0.29, 0.717) is 6.61 Å². The van der Waals surface area contributed by atoms with Gasteiger partial charge in [0.25, 0.3) is 0 Å². The van der Waals surface area contributed by atoms with E-state index in [0.717, 1.165) is 10.8 Å². The number of aliphatic imine (C=N–C) groups is 1. The highest BCUT2D eigenvalue weighted by Gasteiger charge is 2.01. The Balaban J connectivity index is 3.85. The van der Waals surface area contributed by atoms with Gasteiger partial charge in [-0.3, -0.25) is 0 Å². The number of thioether (sulfide) groups is 2. The first-order valence-corrected chi connectivity index (χ1v) is 6.03. The molecule has 3 nitrogen and oxygen atoms in total. The van der Waals surface area contributed by atoms with Gasteiger partial charge in [-0.2, -0.15) is 4.99 Å². The van der Waals surface area contributed by atoms with E-state index in [1.54, 1.807) is 0 Å². The molecule has 0 bridgehead atoms. The van der Waals surface area contributed by atoms with Crippen molar-refractivity contribution in [3.8, 4) is 0 Å². The highest BCUT2D eigenvalue weighted by molar-refractivity contribution is 8.38. The normalized spacial score (nSPS) is 9.25. The van der Waals surface area contributed by atoms with Gasteiger partial charge in [-0.15, -0.1) is 23.5 Å². The van der Waals surface area contributed by atoms with Gasteiger partial charge in [0, 0.05) is 0 Å². The smallest absolute Gasteiger partial charge is 0.435 e. The van der Waals surface area contributed by atoms with E-state index in [1.807, 2.05) is 19.4 Å². The minimum Gasteiger partial charge on any atom is -0.448 e. The molecular weight excluding hydrogens is 194 g/mol. The molecule has 0 aromatic heterocycles. The Hall–Kier alpha value is -0.160. The molecule has 5 heteroatoms. The van der Waals surface area contributed by atoms with E-state index >= 15 is 0 Å². The Kier molecular flexibility index (Phi) is 7.39. The monoisotopic (exact) mass is 207 g/mol. The summed E-state index contributed by atoms with van der Waals surface area (Å²) in [5.41, 5.74) is 0. The fourth-order valence-corrected chi connectivity index (χ4v) is 1.47. The molecule has 0 spiro atoms. The summed E-state index contributed by atoms with van der Waals surface area (Å²) in [7, 11) is 0. The van der Waals surface area contributed by atoms with Crippen LogP contribution in [0.25, 0.3) is 0 Å². The quantitative estimate of drug-likeness (QED) is 0.515. The van der Waals surface area contributed by atoms with Crippen LogP contribution in [0.3, 0.4) is 0 Å². The zero-order chi connectivity index (χ0) is 9.40. The maximum Gasteiger partial charge on any atom is 0.435 e. The fraction of sp³-hybridized carbons (Fsp3) is 0.714. The van der Waals surface area contributed by atoms with Crippen molar-refractivity contribution in [1.29, 1.82) is 0 Å². The summed E-state index contributed by atoms with van der Waals surface area (Å²) in [5, 5.41) is 0. The summed E-state index contributed by atoms with van der Waals surface area (Å²) in [4.78, 5) is 14.6. The van der Waals surface area contributed by atoms with Crippen molar-refractivity contribution < 1.29 is 9.53 Å². The highest BCUT2D eigenvalue weighted by atomic mass is 32.2. The van der Waals surface area contributed by atoms with E-state index in [-0.39, 0.29) is 0 Å². The van der Waals surface area contributed by atoms with Gasteiger partial charge in [0.15, 0.2) is 0 Å². The maximum atomic E-state index is 10.9. The van der Waals surface area contributed by atoms with Crippen LogP contribution in [0.2, 0.25) is 0 Å². The third kappa shape index (κ3) is 5.49. The van der Waals surface area contributed by atoms with Gasteiger partial charge in [0.05, 0.1) is 6.61 Å². The number of hydrogen-bond donors (Lipinski definition) is 0. The minimum atomic E-state index is -0.490. The van der Waals surface area contributed by atoms with Gasteiger partial charge in [-0.25, -0.2) is 4.79 Å². The summed E-state index contributed by atoms with van der Waals surface area (Å²) >= 11 is 2.89. The molecule has 0 atom stereocenters. The van der Waals surface area contributed by atoms with E-state index < -0.39 is 6.09 Å². The Morgan fingerprint density at radius 1 is 1.42 bits per heavy atom. The van der Waals surface area contributed by atoms with E-state index in [1.165, 1.54) is 23.5 Å². The highest BCUT2D eigenvalue weighted by Crippen LogP contribution is 2.10. The second kappa shape index (κ2) is 7.49. The molecule has 0 fully saturated rings. The Bertz CT molecular complexity index is 165. The SMILES string of the molecule is CCCOC(=O)N=C(SC)SC. The molecule has 0 rings (SSSR count). The first-order chi connectivity index (χ1) is 5.74. The molecule has 0 saturated heterocycles. The van der Waals surface area contributed by atoms with Crippen LogP contribution in [0.1, 0.15) is 13.3 Å². The summed E-state index contributed by atoms with van der Waals surface area (Å²) in [5.74, 6) is 0. The van der Waals surface area contributed by atoms with Crippen LogP contribution in [-0.4, -0.2) is 29.6 Å². The molecule has 0 unspecified atom stereocenters. The van der Waals surface area contributed by atoms with Gasteiger partial charge >= 0.3 is 6.09 Å². The molecule has 1 amide bonds. The third-order valence-electron chi connectivity index (χ3n) is 0.961. The van der Waals surface area contributed by atoms with Crippen molar-refractivity contribution in [2.45, 2.75) is 13.3 Å². The Morgan fingerprint density at radius 2 is 2.00 bits per heavy atom. The molecule has 0 heterocycles. The van der Waals surface area contributed by atoms with Crippen molar-refractivity contribution in [3.63, 3.8) is 0 Å². The molecule has 0 aromatic rings. The lowest BCUT2D eigenvalue weighted by molar-refractivity contribution is 0.157.